The Morgan fingerprint density at radius 1 is 1.10 bits per heavy atom. The Morgan fingerprint density at radius 3 is 2.40 bits per heavy atom. The first-order chi connectivity index (χ1) is 18.9. The van der Waals surface area contributed by atoms with Crippen LogP contribution in [0.4, 0.5) is 10.5 Å². The largest absolute Gasteiger partial charge is 0.488 e. The van der Waals surface area contributed by atoms with E-state index in [1.807, 2.05) is 30.3 Å². The van der Waals surface area contributed by atoms with Gasteiger partial charge in [-0.15, -0.1) is 0 Å². The third-order valence-corrected chi connectivity index (χ3v) is 7.46. The number of hydrogen-bond acceptors (Lipinski definition) is 10. The lowest BCUT2D eigenvalue weighted by Gasteiger charge is -2.35. The van der Waals surface area contributed by atoms with E-state index in [9.17, 15) is 24.3 Å². The topological polar surface area (TPSA) is 132 Å². The van der Waals surface area contributed by atoms with Gasteiger partial charge in [-0.1, -0.05) is 30.3 Å². The zero-order valence-electron chi connectivity index (χ0n) is 23.0. The number of rotatable bonds is 7. The van der Waals surface area contributed by atoms with Gasteiger partial charge in [0, 0.05) is 18.2 Å². The minimum atomic E-state index is -1.53. The molecule has 40 heavy (non-hydrogen) atoms. The van der Waals surface area contributed by atoms with Gasteiger partial charge in [-0.25, -0.2) is 9.59 Å². The van der Waals surface area contributed by atoms with Gasteiger partial charge >= 0.3 is 18.0 Å². The SMILES string of the molecule is COC(=O)c1cc(OCc2ccccc2)c2c(c1)N1C(O)[C@H]3[C@@H](C1[C@@]2(C=O)COC(C)=O)N3C(=O)OC(C)(C)C. The van der Waals surface area contributed by atoms with Crippen LogP contribution in [0.2, 0.25) is 0 Å². The normalized spacial score (nSPS) is 25.9. The molecule has 0 aliphatic carbocycles. The lowest BCUT2D eigenvalue weighted by molar-refractivity contribution is -0.143. The van der Waals surface area contributed by atoms with E-state index in [-0.39, 0.29) is 24.5 Å². The third-order valence-electron chi connectivity index (χ3n) is 7.46. The summed E-state index contributed by atoms with van der Waals surface area (Å²) in [5, 5.41) is 11.5. The maximum absolute atomic E-state index is 13.1. The van der Waals surface area contributed by atoms with E-state index in [0.29, 0.717) is 17.5 Å². The zero-order chi connectivity index (χ0) is 29.0. The predicted octanol–water partition coefficient (Wildman–Crippen LogP) is 2.56. The Morgan fingerprint density at radius 2 is 1.80 bits per heavy atom. The monoisotopic (exact) mass is 552 g/mol. The molecule has 5 atom stereocenters. The zero-order valence-corrected chi connectivity index (χ0v) is 23.0. The lowest BCUT2D eigenvalue weighted by atomic mass is 9.76. The summed E-state index contributed by atoms with van der Waals surface area (Å²) < 4.78 is 22.1. The van der Waals surface area contributed by atoms with Crippen LogP contribution in [0, 0.1) is 0 Å². The van der Waals surface area contributed by atoms with E-state index in [1.54, 1.807) is 25.7 Å². The molecule has 1 N–H and O–H groups in total. The quantitative estimate of drug-likeness (QED) is 0.237. The second-order valence-electron chi connectivity index (χ2n) is 11.2. The van der Waals surface area contributed by atoms with Crippen LogP contribution in [0.3, 0.4) is 0 Å². The summed E-state index contributed by atoms with van der Waals surface area (Å²) in [6, 6.07) is 10.2. The number of carbonyl (C=O) groups excluding carboxylic acids is 4. The molecule has 11 nitrogen and oxygen atoms in total. The number of aliphatic hydroxyl groups is 1. The molecule has 212 valence electrons. The van der Waals surface area contributed by atoms with Gasteiger partial charge in [-0.2, -0.15) is 0 Å². The summed E-state index contributed by atoms with van der Waals surface area (Å²) in [6.45, 7) is 6.19. The number of piperazine rings is 1. The third kappa shape index (κ3) is 4.43. The summed E-state index contributed by atoms with van der Waals surface area (Å²) in [5.41, 5.74) is -0.601. The molecule has 2 aromatic carbocycles. The molecule has 2 unspecified atom stereocenters. The van der Waals surface area contributed by atoms with Gasteiger partial charge in [0.1, 0.15) is 48.5 Å². The Hall–Kier alpha value is -4.12. The van der Waals surface area contributed by atoms with Gasteiger partial charge in [0.2, 0.25) is 0 Å². The number of ether oxygens (including phenoxy) is 4. The van der Waals surface area contributed by atoms with Crippen molar-refractivity contribution in [2.24, 2.45) is 0 Å². The van der Waals surface area contributed by atoms with Crippen molar-refractivity contribution in [3.8, 4) is 5.75 Å². The van der Waals surface area contributed by atoms with Gasteiger partial charge in [0.25, 0.3) is 0 Å². The molecule has 5 rings (SSSR count). The van der Waals surface area contributed by atoms with Crippen molar-refractivity contribution < 1.29 is 43.2 Å². The van der Waals surface area contributed by atoms with E-state index in [2.05, 4.69) is 0 Å². The molecule has 1 amide bonds. The van der Waals surface area contributed by atoms with Crippen LogP contribution in [-0.4, -0.2) is 78.0 Å². The molecular formula is C29H32N2O9. The molecular weight excluding hydrogens is 520 g/mol. The van der Waals surface area contributed by atoms with Crippen molar-refractivity contribution in [3.05, 3.63) is 59.2 Å². The maximum atomic E-state index is 13.1. The number of aliphatic hydroxyl groups excluding tert-OH is 1. The standard InChI is InChI=1S/C29H32N2O9/c1-16(33)39-15-29(14-32)21-19(30-24(29)22-23(25(30)34)31(22)27(36)40-28(2,3)4)11-18(26(35)37-5)12-20(21)38-13-17-9-7-6-8-10-17/h6-12,14,22-25,34H,13,15H2,1-5H3/t22-,23+,24?,25?,29-,31?/m0/s1. The highest BCUT2D eigenvalue weighted by Crippen LogP contribution is 2.60. The van der Waals surface area contributed by atoms with Crippen molar-refractivity contribution in [1.29, 1.82) is 0 Å². The fourth-order valence-corrected chi connectivity index (χ4v) is 5.87. The van der Waals surface area contributed by atoms with E-state index >= 15 is 0 Å². The van der Waals surface area contributed by atoms with Crippen LogP contribution in [0.5, 0.6) is 5.75 Å². The van der Waals surface area contributed by atoms with Crippen LogP contribution in [0.25, 0.3) is 0 Å². The summed E-state index contributed by atoms with van der Waals surface area (Å²) in [5.74, 6) is -1.04. The van der Waals surface area contributed by atoms with Gasteiger partial charge in [0.15, 0.2) is 0 Å². The molecule has 0 saturated carbocycles. The Bertz CT molecular complexity index is 1360. The second-order valence-corrected chi connectivity index (χ2v) is 11.2. The highest BCUT2D eigenvalue weighted by molar-refractivity contribution is 5.95. The van der Waals surface area contributed by atoms with Crippen molar-refractivity contribution in [1.82, 2.24) is 4.90 Å². The number of benzene rings is 2. The van der Waals surface area contributed by atoms with E-state index in [0.717, 1.165) is 5.56 Å². The van der Waals surface area contributed by atoms with E-state index < -0.39 is 53.4 Å². The minimum Gasteiger partial charge on any atom is -0.488 e. The van der Waals surface area contributed by atoms with Crippen LogP contribution < -0.4 is 9.64 Å². The summed E-state index contributed by atoms with van der Waals surface area (Å²) in [4.78, 5) is 53.8. The Labute approximate surface area is 231 Å². The Balaban J connectivity index is 1.63. The van der Waals surface area contributed by atoms with Gasteiger partial charge in [-0.05, 0) is 38.5 Å². The molecule has 2 aromatic rings. The smallest absolute Gasteiger partial charge is 0.411 e. The molecule has 0 bridgehead atoms. The average molecular weight is 553 g/mol. The van der Waals surface area contributed by atoms with Crippen LogP contribution in [0.15, 0.2) is 42.5 Å². The number of carbonyl (C=O) groups is 4. The molecule has 3 aliphatic heterocycles. The molecule has 3 aliphatic rings. The van der Waals surface area contributed by atoms with Gasteiger partial charge < -0.3 is 33.7 Å². The second kappa shape index (κ2) is 9.81. The number of nitrogens with zero attached hydrogens (tertiary/aromatic N) is 2. The highest BCUT2D eigenvalue weighted by Gasteiger charge is 2.76. The summed E-state index contributed by atoms with van der Waals surface area (Å²) in [7, 11) is 1.25. The van der Waals surface area contributed by atoms with Crippen molar-refractivity contribution in [2.75, 3.05) is 18.6 Å². The van der Waals surface area contributed by atoms with Crippen molar-refractivity contribution >= 4 is 30.0 Å². The number of methoxy groups -OCH3 is 1. The maximum Gasteiger partial charge on any atom is 0.411 e. The summed E-state index contributed by atoms with van der Waals surface area (Å²) >= 11 is 0. The van der Waals surface area contributed by atoms with E-state index in [4.69, 9.17) is 18.9 Å². The number of fused-ring (bicyclic) bond motifs is 5. The fraction of sp³-hybridized carbons (Fsp3) is 0.448. The van der Waals surface area contributed by atoms with Crippen LogP contribution in [-0.2, 0) is 35.8 Å². The first kappa shape index (κ1) is 27.4. The Kier molecular flexibility index (Phi) is 6.73. The fourth-order valence-electron chi connectivity index (χ4n) is 5.87. The first-order valence-electron chi connectivity index (χ1n) is 12.9. The first-order valence-corrected chi connectivity index (χ1v) is 12.9. The van der Waals surface area contributed by atoms with Crippen molar-refractivity contribution in [3.63, 3.8) is 0 Å². The molecule has 0 spiro atoms. The van der Waals surface area contributed by atoms with Gasteiger partial charge in [-0.3, -0.25) is 9.69 Å². The van der Waals surface area contributed by atoms with Crippen LogP contribution in [0.1, 0.15) is 49.2 Å². The number of aldehydes is 1. The predicted molar refractivity (Wildman–Crippen MR) is 141 cm³/mol. The molecule has 0 aromatic heterocycles. The molecule has 0 radical (unpaired) electrons. The molecule has 2 fully saturated rings. The lowest BCUT2D eigenvalue weighted by Crippen LogP contribution is -2.54. The molecule has 3 heterocycles. The number of amides is 1. The molecule has 2 saturated heterocycles. The summed E-state index contributed by atoms with van der Waals surface area (Å²) in [6.07, 6.45) is -1.18. The number of esters is 2. The number of anilines is 1. The molecule has 11 heteroatoms. The number of hydrogen-bond donors (Lipinski definition) is 1. The van der Waals surface area contributed by atoms with Gasteiger partial charge in [0.05, 0.1) is 24.8 Å². The average Bonchev–Trinajstić information content (AvgIpc) is 3.48. The van der Waals surface area contributed by atoms with Crippen molar-refractivity contribution in [2.45, 2.75) is 69.7 Å². The van der Waals surface area contributed by atoms with Crippen LogP contribution >= 0.6 is 0 Å². The van der Waals surface area contributed by atoms with E-state index in [1.165, 1.54) is 31.1 Å². The minimum absolute atomic E-state index is 0.115. The highest BCUT2D eigenvalue weighted by atomic mass is 16.6.